The van der Waals surface area contributed by atoms with Crippen molar-refractivity contribution in [2.24, 2.45) is 0 Å². The molecule has 0 bridgehead atoms. The summed E-state index contributed by atoms with van der Waals surface area (Å²) in [6.45, 7) is 3.77. The molecule has 4 heteroatoms. The molecule has 0 aliphatic rings. The number of nitrogens with one attached hydrogen (secondary N) is 1. The number of carbonyl (C=O) groups is 1. The molecule has 94 valence electrons. The molecule has 0 aliphatic carbocycles. The summed E-state index contributed by atoms with van der Waals surface area (Å²) in [4.78, 5) is 11.8. The first-order valence-corrected chi connectivity index (χ1v) is 5.91. The van der Waals surface area contributed by atoms with Gasteiger partial charge in [-0.25, -0.2) is 0 Å². The number of nitrogens with zero attached hydrogens (tertiary/aromatic N) is 1. The van der Waals surface area contributed by atoms with Crippen LogP contribution < -0.4 is 5.32 Å². The third kappa shape index (κ3) is 3.20. The molecule has 0 spiro atoms. The summed E-state index contributed by atoms with van der Waals surface area (Å²) in [6.07, 6.45) is 0.245. The van der Waals surface area contributed by atoms with E-state index < -0.39 is 0 Å². The van der Waals surface area contributed by atoms with Gasteiger partial charge in [0.05, 0.1) is 18.2 Å². The highest BCUT2D eigenvalue weighted by Crippen LogP contribution is 2.11. The van der Waals surface area contributed by atoms with Gasteiger partial charge in [-0.3, -0.25) is 4.79 Å². The van der Waals surface area contributed by atoms with Gasteiger partial charge in [-0.1, -0.05) is 35.5 Å². The zero-order valence-electron chi connectivity index (χ0n) is 10.5. The van der Waals surface area contributed by atoms with Gasteiger partial charge in [0.15, 0.2) is 0 Å². The van der Waals surface area contributed by atoms with Crippen LogP contribution >= 0.6 is 0 Å². The van der Waals surface area contributed by atoms with E-state index in [0.29, 0.717) is 11.5 Å². The average molecular weight is 244 g/mol. The SMILES string of the molecule is Cc1cc(CC(=O)NC(C)c2ccccc2)no1. The Morgan fingerprint density at radius 3 is 2.72 bits per heavy atom. The number of hydrogen-bond acceptors (Lipinski definition) is 3. The smallest absolute Gasteiger partial charge is 0.226 e. The lowest BCUT2D eigenvalue weighted by Gasteiger charge is -2.13. The van der Waals surface area contributed by atoms with E-state index in [-0.39, 0.29) is 18.4 Å². The maximum atomic E-state index is 11.8. The van der Waals surface area contributed by atoms with Crippen LogP contribution in [0.15, 0.2) is 40.9 Å². The maximum absolute atomic E-state index is 11.8. The third-order valence-corrected chi connectivity index (χ3v) is 2.70. The second-order valence-corrected chi connectivity index (χ2v) is 4.31. The quantitative estimate of drug-likeness (QED) is 0.898. The van der Waals surface area contributed by atoms with Gasteiger partial charge in [0.2, 0.25) is 5.91 Å². The van der Waals surface area contributed by atoms with Crippen molar-refractivity contribution < 1.29 is 9.32 Å². The van der Waals surface area contributed by atoms with E-state index in [1.54, 1.807) is 13.0 Å². The minimum Gasteiger partial charge on any atom is -0.361 e. The molecule has 0 radical (unpaired) electrons. The van der Waals surface area contributed by atoms with Crippen molar-refractivity contribution in [3.8, 4) is 0 Å². The predicted molar refractivity (Wildman–Crippen MR) is 67.9 cm³/mol. The van der Waals surface area contributed by atoms with E-state index in [0.717, 1.165) is 5.56 Å². The predicted octanol–water partition coefficient (Wildman–Crippen LogP) is 2.40. The summed E-state index contributed by atoms with van der Waals surface area (Å²) < 4.78 is 4.92. The number of amides is 1. The van der Waals surface area contributed by atoms with Gasteiger partial charge >= 0.3 is 0 Å². The van der Waals surface area contributed by atoms with Gasteiger partial charge < -0.3 is 9.84 Å². The van der Waals surface area contributed by atoms with E-state index in [9.17, 15) is 4.79 Å². The van der Waals surface area contributed by atoms with Gasteiger partial charge in [0.1, 0.15) is 5.76 Å². The van der Waals surface area contributed by atoms with E-state index in [4.69, 9.17) is 4.52 Å². The summed E-state index contributed by atoms with van der Waals surface area (Å²) in [5.74, 6) is 0.661. The number of benzene rings is 1. The van der Waals surface area contributed by atoms with Gasteiger partial charge in [-0.05, 0) is 19.4 Å². The second-order valence-electron chi connectivity index (χ2n) is 4.31. The lowest BCUT2D eigenvalue weighted by atomic mass is 10.1. The van der Waals surface area contributed by atoms with E-state index in [2.05, 4.69) is 10.5 Å². The fraction of sp³-hybridized carbons (Fsp3) is 0.286. The Kier molecular flexibility index (Phi) is 3.77. The van der Waals surface area contributed by atoms with Crippen molar-refractivity contribution in [3.05, 3.63) is 53.4 Å². The average Bonchev–Trinajstić information content (AvgIpc) is 2.75. The molecule has 1 unspecified atom stereocenters. The zero-order valence-corrected chi connectivity index (χ0v) is 10.5. The van der Waals surface area contributed by atoms with Gasteiger partial charge in [0, 0.05) is 6.07 Å². The van der Waals surface area contributed by atoms with E-state index in [1.165, 1.54) is 0 Å². The highest BCUT2D eigenvalue weighted by atomic mass is 16.5. The molecule has 1 atom stereocenters. The Balaban J connectivity index is 1.92. The van der Waals surface area contributed by atoms with Crippen molar-refractivity contribution >= 4 is 5.91 Å². The number of aromatic nitrogens is 1. The van der Waals surface area contributed by atoms with E-state index in [1.807, 2.05) is 37.3 Å². The highest BCUT2D eigenvalue weighted by Gasteiger charge is 2.11. The molecule has 0 saturated carbocycles. The molecular formula is C14H16N2O2. The van der Waals surface area contributed by atoms with E-state index >= 15 is 0 Å². The van der Waals surface area contributed by atoms with Crippen LogP contribution in [-0.4, -0.2) is 11.1 Å². The molecule has 1 aromatic carbocycles. The molecule has 1 aromatic heterocycles. The molecule has 2 aromatic rings. The minimum atomic E-state index is -0.0559. The Labute approximate surface area is 106 Å². The van der Waals surface area contributed by atoms with Crippen LogP contribution in [0.5, 0.6) is 0 Å². The van der Waals surface area contributed by atoms with Crippen LogP contribution in [0.1, 0.15) is 30.0 Å². The maximum Gasteiger partial charge on any atom is 0.226 e. The number of rotatable bonds is 4. The zero-order chi connectivity index (χ0) is 13.0. The Morgan fingerprint density at radius 2 is 2.11 bits per heavy atom. The van der Waals surface area contributed by atoms with Gasteiger partial charge in [0.25, 0.3) is 0 Å². The largest absolute Gasteiger partial charge is 0.361 e. The molecule has 0 saturated heterocycles. The minimum absolute atomic E-state index is 0.00769. The first kappa shape index (κ1) is 12.4. The molecule has 1 N–H and O–H groups in total. The Hall–Kier alpha value is -2.10. The van der Waals surface area contributed by atoms with Crippen LogP contribution in [0.2, 0.25) is 0 Å². The monoisotopic (exact) mass is 244 g/mol. The number of hydrogen-bond donors (Lipinski definition) is 1. The van der Waals surface area contributed by atoms with Crippen LogP contribution in [-0.2, 0) is 11.2 Å². The molecule has 18 heavy (non-hydrogen) atoms. The molecule has 1 heterocycles. The summed E-state index contributed by atoms with van der Waals surface area (Å²) in [6, 6.07) is 11.6. The summed E-state index contributed by atoms with van der Waals surface area (Å²) >= 11 is 0. The van der Waals surface area contributed by atoms with Crippen LogP contribution in [0.25, 0.3) is 0 Å². The van der Waals surface area contributed by atoms with Crippen LogP contribution in [0.4, 0.5) is 0 Å². The van der Waals surface area contributed by atoms with Crippen LogP contribution in [0, 0.1) is 6.92 Å². The molecule has 2 rings (SSSR count). The lowest BCUT2D eigenvalue weighted by Crippen LogP contribution is -2.28. The molecule has 4 nitrogen and oxygen atoms in total. The topological polar surface area (TPSA) is 55.1 Å². The Bertz CT molecular complexity index is 520. The fourth-order valence-corrected chi connectivity index (χ4v) is 1.78. The second kappa shape index (κ2) is 5.49. The fourth-order valence-electron chi connectivity index (χ4n) is 1.78. The normalized spacial score (nSPS) is 12.1. The number of carbonyl (C=O) groups excluding carboxylic acids is 1. The van der Waals surface area contributed by atoms with Crippen LogP contribution in [0.3, 0.4) is 0 Å². The lowest BCUT2D eigenvalue weighted by molar-refractivity contribution is -0.121. The standard InChI is InChI=1S/C14H16N2O2/c1-10-8-13(16-18-10)9-14(17)15-11(2)12-6-4-3-5-7-12/h3-8,11H,9H2,1-2H3,(H,15,17). The first-order valence-electron chi connectivity index (χ1n) is 5.91. The summed E-state index contributed by atoms with van der Waals surface area (Å²) in [5.41, 5.74) is 1.74. The molecule has 0 aliphatic heterocycles. The molecular weight excluding hydrogens is 228 g/mol. The third-order valence-electron chi connectivity index (χ3n) is 2.70. The van der Waals surface area contributed by atoms with Crippen molar-refractivity contribution in [1.29, 1.82) is 0 Å². The van der Waals surface area contributed by atoms with Crippen molar-refractivity contribution in [1.82, 2.24) is 10.5 Å². The molecule has 1 amide bonds. The summed E-state index contributed by atoms with van der Waals surface area (Å²) in [7, 11) is 0. The number of aryl methyl sites for hydroxylation is 1. The first-order chi connectivity index (χ1) is 8.65. The highest BCUT2D eigenvalue weighted by molar-refractivity contribution is 5.78. The Morgan fingerprint density at radius 1 is 1.39 bits per heavy atom. The van der Waals surface area contributed by atoms with Gasteiger partial charge in [-0.2, -0.15) is 0 Å². The van der Waals surface area contributed by atoms with Gasteiger partial charge in [-0.15, -0.1) is 0 Å². The summed E-state index contributed by atoms with van der Waals surface area (Å²) in [5, 5.41) is 6.73. The van der Waals surface area contributed by atoms with Crippen molar-refractivity contribution in [2.75, 3.05) is 0 Å². The van der Waals surface area contributed by atoms with Crippen molar-refractivity contribution in [3.63, 3.8) is 0 Å². The molecule has 0 fully saturated rings. The van der Waals surface area contributed by atoms with Crippen molar-refractivity contribution in [2.45, 2.75) is 26.3 Å².